The molecule has 26 rings (SSSR count). The number of hydrogen-bond acceptors (Lipinski definition) is 10. The third-order valence-electron chi connectivity index (χ3n) is 26.4. The number of aromatic nitrogens is 5. The summed E-state index contributed by atoms with van der Waals surface area (Å²) in [6.45, 7) is 10.7. The normalized spacial score (nSPS) is 11.8. The van der Waals surface area contributed by atoms with Crippen molar-refractivity contribution in [1.82, 2.24) is 24.9 Å². The van der Waals surface area contributed by atoms with Crippen molar-refractivity contribution in [1.29, 1.82) is 0 Å². The molecule has 0 fully saturated rings. The van der Waals surface area contributed by atoms with E-state index in [2.05, 4.69) is 435 Å². The van der Waals surface area contributed by atoms with Crippen LogP contribution in [0.3, 0.4) is 0 Å². The van der Waals surface area contributed by atoms with E-state index in [1.54, 1.807) is 56.7 Å². The fraction of sp³-hybridized carbons (Fsp3) is 0.0403. The summed E-state index contributed by atoms with van der Waals surface area (Å²) in [5, 5.41) is 19.8. The van der Waals surface area contributed by atoms with Gasteiger partial charge in [-0.3, -0.25) is 0 Å². The first-order chi connectivity index (χ1) is 65.9. The second-order valence-corrected chi connectivity index (χ2v) is 40.3. The van der Waals surface area contributed by atoms with Gasteiger partial charge in [0.25, 0.3) is 0 Å². The van der Waals surface area contributed by atoms with Crippen molar-refractivity contribution in [2.24, 2.45) is 0 Å². The summed E-state index contributed by atoms with van der Waals surface area (Å²) < 4.78 is 6.05. The van der Waals surface area contributed by atoms with Gasteiger partial charge in [-0.1, -0.05) is 340 Å². The van der Waals surface area contributed by atoms with E-state index in [-0.39, 0.29) is 0 Å². The lowest BCUT2D eigenvalue weighted by Gasteiger charge is -2.25. The van der Waals surface area contributed by atoms with Crippen LogP contribution in [0, 0.1) is 34.6 Å². The highest BCUT2D eigenvalue weighted by molar-refractivity contribution is 7.23. The van der Waals surface area contributed by atoms with Crippen LogP contribution in [0.1, 0.15) is 27.8 Å². The number of fused-ring (bicyclic) bond motifs is 11. The largest absolute Gasteiger partial charge is 0.236 e. The Morgan fingerprint density at radius 2 is 0.284 bits per heavy atom. The van der Waals surface area contributed by atoms with Crippen LogP contribution in [-0.2, 0) is 0 Å². The molecular formula is C124H81N5S5. The topological polar surface area (TPSA) is 64.5 Å². The van der Waals surface area contributed by atoms with E-state index < -0.39 is 0 Å². The zero-order valence-electron chi connectivity index (χ0n) is 73.9. The number of aryl methyl sites for hydroxylation is 5. The first kappa shape index (κ1) is 80.7. The van der Waals surface area contributed by atoms with E-state index in [4.69, 9.17) is 24.9 Å². The summed E-state index contributed by atoms with van der Waals surface area (Å²) in [6, 6.07) is 148. The Morgan fingerprint density at radius 1 is 0.142 bits per heavy atom. The van der Waals surface area contributed by atoms with Crippen molar-refractivity contribution < 1.29 is 0 Å². The van der Waals surface area contributed by atoms with Gasteiger partial charge in [0.15, 0.2) is 0 Å². The number of thiazole rings is 5. The predicted molar refractivity (Wildman–Crippen MR) is 578 cm³/mol. The van der Waals surface area contributed by atoms with E-state index in [1.165, 1.54) is 188 Å². The van der Waals surface area contributed by atoms with E-state index >= 15 is 0 Å². The second kappa shape index (κ2) is 33.2. The van der Waals surface area contributed by atoms with Crippen LogP contribution in [0.15, 0.2) is 400 Å². The van der Waals surface area contributed by atoms with Crippen LogP contribution >= 0.6 is 56.7 Å². The molecule has 0 amide bonds. The molecule has 0 saturated heterocycles. The average molecular weight is 1800 g/mol. The summed E-state index contributed by atoms with van der Waals surface area (Å²) in [4.78, 5) is 25.4. The smallest absolute Gasteiger partial charge is 0.124 e. The lowest BCUT2D eigenvalue weighted by atomic mass is 9.77. The molecule has 0 N–H and O–H groups in total. The minimum Gasteiger partial charge on any atom is -0.236 e. The van der Waals surface area contributed by atoms with Crippen LogP contribution in [-0.4, -0.2) is 24.9 Å². The molecule has 26 aromatic rings. The van der Waals surface area contributed by atoms with Gasteiger partial charge in [-0.05, 0) is 277 Å². The quantitative estimate of drug-likeness (QED) is 0.108. The molecule has 10 heteroatoms. The third-order valence-corrected chi connectivity index (χ3v) is 31.7. The summed E-state index contributed by atoms with van der Waals surface area (Å²) in [5.41, 5.74) is 36.2. The Hall–Kier alpha value is -15.4. The number of benzene rings is 21. The molecule has 5 aromatic heterocycles. The van der Waals surface area contributed by atoms with Crippen LogP contribution in [0.4, 0.5) is 0 Å². The first-order valence-electron chi connectivity index (χ1n) is 45.4. The molecule has 0 aliphatic rings. The number of nitrogens with zero attached hydrogens (tertiary/aromatic N) is 5. The van der Waals surface area contributed by atoms with Gasteiger partial charge >= 0.3 is 0 Å². The Morgan fingerprint density at radius 3 is 0.448 bits per heavy atom. The molecule has 134 heavy (non-hydrogen) atoms. The summed E-state index contributed by atoms with van der Waals surface area (Å²) in [7, 11) is 0. The molecule has 0 aliphatic heterocycles. The lowest BCUT2D eigenvalue weighted by molar-refractivity contribution is 1.45. The Kier molecular flexibility index (Phi) is 20.0. The molecule has 5 nitrogen and oxygen atoms in total. The Labute approximate surface area is 795 Å². The van der Waals surface area contributed by atoms with Gasteiger partial charge in [0.1, 0.15) is 25.0 Å². The van der Waals surface area contributed by atoms with Crippen molar-refractivity contribution in [3.8, 4) is 142 Å². The molecule has 0 saturated carbocycles. The summed E-state index contributed by atoms with van der Waals surface area (Å²) in [5.74, 6) is 0. The van der Waals surface area contributed by atoms with Crippen LogP contribution in [0.25, 0.3) is 258 Å². The molecule has 0 aliphatic carbocycles. The van der Waals surface area contributed by atoms with Crippen LogP contribution < -0.4 is 0 Å². The number of hydrogen-bond donors (Lipinski definition) is 0. The molecular weight excluding hydrogens is 1720 g/mol. The van der Waals surface area contributed by atoms with Gasteiger partial charge in [-0.25, -0.2) is 24.9 Å². The van der Waals surface area contributed by atoms with Crippen LogP contribution in [0.5, 0.6) is 0 Å². The van der Waals surface area contributed by atoms with Gasteiger partial charge in [0.05, 0.1) is 51.1 Å². The van der Waals surface area contributed by atoms with E-state index in [1.807, 2.05) is 0 Å². The molecule has 0 bridgehead atoms. The molecule has 0 spiro atoms. The zero-order chi connectivity index (χ0) is 89.3. The van der Waals surface area contributed by atoms with Gasteiger partial charge in [0, 0.05) is 27.8 Å². The highest BCUT2D eigenvalue weighted by Gasteiger charge is 2.30. The van der Waals surface area contributed by atoms with Crippen molar-refractivity contribution in [2.75, 3.05) is 0 Å². The van der Waals surface area contributed by atoms with Crippen molar-refractivity contribution >= 4 is 172 Å². The summed E-state index contributed by atoms with van der Waals surface area (Å²) >= 11 is 8.78. The van der Waals surface area contributed by atoms with Gasteiger partial charge < -0.3 is 0 Å². The monoisotopic (exact) mass is 1800 g/mol. The number of rotatable bonds is 13. The van der Waals surface area contributed by atoms with Gasteiger partial charge in [-0.15, -0.1) is 56.7 Å². The molecule has 0 atom stereocenters. The standard InChI is InChI=1S/C66H43N3S3.C58H38N2S2/c1-38-17-32-52-55(35-38)70-64(67-52)45-26-20-42(21-27-45)59-50-15-9-10-16-51(50)61(44-24-30-47(31-25-44)66-69-54-34-19-40(3)37-57(54)72-66)63-60(49-14-8-7-13-48(49)58(62(59)63)41-11-5-4-6-12-41)43-22-28-46(29-23-43)65-68-53-33-18-39(2)36-56(53)71-65;1-35-21-31-47-49(33-35)61-57(59-47)41-27-23-39(24-28-41)53-45-19-11-12-20-46(45)54(40-25-29-42(30-26-40)58-60-48-32-22-36(2)34-50(48)62-58)56-52(38-15-7-4-8-16-38)44-18-10-9-17-43(44)51(55(53)56)37-13-5-3-6-14-37/h4-37H,1-3H3;3-34H,1-2H3. The Balaban J connectivity index is 0.000000145. The van der Waals surface area contributed by atoms with Gasteiger partial charge in [0.2, 0.25) is 0 Å². The van der Waals surface area contributed by atoms with Gasteiger partial charge in [-0.2, -0.15) is 0 Å². The highest BCUT2D eigenvalue weighted by Crippen LogP contribution is 2.58. The van der Waals surface area contributed by atoms with Crippen molar-refractivity contribution in [3.05, 3.63) is 428 Å². The van der Waals surface area contributed by atoms with E-state index in [0.717, 1.165) is 97.1 Å². The predicted octanol–water partition coefficient (Wildman–Crippen LogP) is 36.6. The maximum absolute atomic E-state index is 5.10. The fourth-order valence-electron chi connectivity index (χ4n) is 20.1. The highest BCUT2D eigenvalue weighted by atomic mass is 32.1. The maximum atomic E-state index is 5.10. The average Bonchev–Trinajstić information content (AvgIpc) is 0.755. The zero-order valence-corrected chi connectivity index (χ0v) is 78.0. The molecule has 632 valence electrons. The summed E-state index contributed by atoms with van der Waals surface area (Å²) in [6.07, 6.45) is 0. The maximum Gasteiger partial charge on any atom is 0.124 e. The van der Waals surface area contributed by atoms with Crippen LogP contribution in [0.2, 0.25) is 0 Å². The van der Waals surface area contributed by atoms with Crippen molar-refractivity contribution in [2.45, 2.75) is 34.6 Å². The van der Waals surface area contributed by atoms with E-state index in [9.17, 15) is 0 Å². The molecule has 5 heterocycles. The SMILES string of the molecule is Cc1ccc2nc(-c3ccc(-c4c5ccccc5c(-c5ccc(-c6nc7ccc(C)cc7s6)cc5)c5c(-c6ccc(-c7nc8ccc(C)cc8s7)cc6)c6ccccc6c(-c6ccccc6)c45)cc3)sc2c1.Cc1ccc2nc(-c3ccc(-c4c5ccccc5c(-c5ccc(-c6nc7ccc(C)cc7s6)cc5)c5c(-c6ccccc6)c6ccccc6c(-c6ccccc6)c45)cc3)sc2c1. The minimum absolute atomic E-state index is 1.03. The van der Waals surface area contributed by atoms with E-state index in [0.29, 0.717) is 0 Å². The molecule has 21 aromatic carbocycles. The minimum atomic E-state index is 1.03. The third kappa shape index (κ3) is 14.2. The lowest BCUT2D eigenvalue weighted by Crippen LogP contribution is -1.98. The molecule has 0 radical (unpaired) electrons. The van der Waals surface area contributed by atoms with Crippen molar-refractivity contribution in [3.63, 3.8) is 0 Å². The fourth-order valence-corrected chi connectivity index (χ4v) is 25.5. The first-order valence-corrected chi connectivity index (χ1v) is 49.4. The second-order valence-electron chi connectivity index (χ2n) is 35.1. The molecule has 0 unspecified atom stereocenters. The Bertz CT molecular complexity index is 8820.